The maximum atomic E-state index is 13.6. The van der Waals surface area contributed by atoms with Crippen molar-refractivity contribution >= 4 is 5.91 Å². The number of benzene rings is 1. The van der Waals surface area contributed by atoms with Crippen LogP contribution in [0.2, 0.25) is 0 Å². The molecule has 1 fully saturated rings. The lowest BCUT2D eigenvalue weighted by Gasteiger charge is -2.34. The molecule has 1 aromatic rings. The Bertz CT molecular complexity index is 723. The van der Waals surface area contributed by atoms with Crippen molar-refractivity contribution in [3.8, 4) is 0 Å². The lowest BCUT2D eigenvalue weighted by Crippen LogP contribution is -3.27. The van der Waals surface area contributed by atoms with Gasteiger partial charge in [-0.25, -0.2) is 0 Å². The minimum atomic E-state index is 0.179. The second kappa shape index (κ2) is 10.6. The number of likely N-dealkylation sites (N-methyl/N-ethyl adjacent to an activating group) is 1. The number of piperazine rings is 1. The van der Waals surface area contributed by atoms with E-state index in [0.29, 0.717) is 11.8 Å². The zero-order valence-corrected chi connectivity index (χ0v) is 18.9. The zero-order chi connectivity index (χ0) is 20.8. The molecule has 2 N–H and O–H groups in total. The standard InChI is InChI=1S/C26H39N3O/c1-27-16-18-28(19-17-27)14-7-15-29(21-22-8-3-2-4-9-22)26(30)25-13-12-23-10-5-6-11-24(23)20-25/h2-3,5-6,10-11,22,25H,4,7-9,12-21H2,1H3/p+2/t22-,25-/m1/s1. The number of quaternary nitrogens is 2. The first-order valence-corrected chi connectivity index (χ1v) is 12.3. The van der Waals surface area contributed by atoms with Gasteiger partial charge in [-0.05, 0) is 55.6 Å². The average Bonchev–Trinajstić information content (AvgIpc) is 2.79. The van der Waals surface area contributed by atoms with E-state index in [9.17, 15) is 4.79 Å². The van der Waals surface area contributed by atoms with E-state index in [4.69, 9.17) is 0 Å². The molecule has 0 bridgehead atoms. The van der Waals surface area contributed by atoms with Crippen molar-refractivity contribution in [1.29, 1.82) is 0 Å². The number of carbonyl (C=O) groups is 1. The van der Waals surface area contributed by atoms with Gasteiger partial charge in [0.25, 0.3) is 0 Å². The lowest BCUT2D eigenvalue weighted by molar-refractivity contribution is -1.00. The van der Waals surface area contributed by atoms with E-state index in [-0.39, 0.29) is 5.92 Å². The fourth-order valence-electron chi connectivity index (χ4n) is 5.59. The average molecular weight is 412 g/mol. The summed E-state index contributed by atoms with van der Waals surface area (Å²) in [6.07, 6.45) is 12.3. The molecule has 1 amide bonds. The van der Waals surface area contributed by atoms with E-state index in [2.05, 4.69) is 48.4 Å². The van der Waals surface area contributed by atoms with Gasteiger partial charge in [0.15, 0.2) is 0 Å². The molecule has 0 spiro atoms. The quantitative estimate of drug-likeness (QED) is 0.638. The van der Waals surface area contributed by atoms with Crippen molar-refractivity contribution in [2.45, 2.75) is 44.9 Å². The normalized spacial score (nSPS) is 28.7. The van der Waals surface area contributed by atoms with Crippen molar-refractivity contribution < 1.29 is 14.6 Å². The second-order valence-corrected chi connectivity index (χ2v) is 9.95. The molecule has 1 heterocycles. The highest BCUT2D eigenvalue weighted by Gasteiger charge is 2.30. The van der Waals surface area contributed by atoms with Gasteiger partial charge in [-0.15, -0.1) is 0 Å². The minimum Gasteiger partial charge on any atom is -0.342 e. The first kappa shape index (κ1) is 21.6. The van der Waals surface area contributed by atoms with Gasteiger partial charge in [0.2, 0.25) is 5.91 Å². The summed E-state index contributed by atoms with van der Waals surface area (Å²) in [7, 11) is 2.30. The number of hydrogen-bond acceptors (Lipinski definition) is 1. The van der Waals surface area contributed by atoms with Crippen LogP contribution in [0.3, 0.4) is 0 Å². The van der Waals surface area contributed by atoms with Crippen LogP contribution in [0.5, 0.6) is 0 Å². The Kier molecular flexibility index (Phi) is 7.62. The molecule has 3 aliphatic rings. The number of rotatable bonds is 7. The van der Waals surface area contributed by atoms with Crippen LogP contribution < -0.4 is 9.80 Å². The fourth-order valence-corrected chi connectivity index (χ4v) is 5.59. The van der Waals surface area contributed by atoms with Gasteiger partial charge in [0, 0.05) is 25.4 Å². The minimum absolute atomic E-state index is 0.179. The molecule has 0 radical (unpaired) electrons. The van der Waals surface area contributed by atoms with Crippen LogP contribution in [-0.2, 0) is 17.6 Å². The van der Waals surface area contributed by atoms with Crippen LogP contribution in [0.4, 0.5) is 0 Å². The topological polar surface area (TPSA) is 29.2 Å². The Morgan fingerprint density at radius 1 is 1.07 bits per heavy atom. The Morgan fingerprint density at radius 2 is 1.87 bits per heavy atom. The summed E-state index contributed by atoms with van der Waals surface area (Å²) in [5.74, 6) is 1.25. The van der Waals surface area contributed by atoms with E-state index in [1.54, 1.807) is 9.80 Å². The van der Waals surface area contributed by atoms with E-state index >= 15 is 0 Å². The highest BCUT2D eigenvalue weighted by Crippen LogP contribution is 2.28. The van der Waals surface area contributed by atoms with E-state index in [0.717, 1.165) is 45.2 Å². The van der Waals surface area contributed by atoms with Crippen molar-refractivity contribution in [3.05, 3.63) is 47.5 Å². The lowest BCUT2D eigenvalue weighted by atomic mass is 9.83. The molecule has 0 aromatic heterocycles. The van der Waals surface area contributed by atoms with Gasteiger partial charge < -0.3 is 14.7 Å². The number of carbonyl (C=O) groups excluding carboxylic acids is 1. The number of amides is 1. The SMILES string of the molecule is C[NH+]1CC[NH+](CCCN(C[C@@H]2CC=CCC2)C(=O)[C@@H]2CCc3ccccc3C2)CC1. The molecule has 4 rings (SSSR count). The third-order valence-corrected chi connectivity index (χ3v) is 7.63. The summed E-state index contributed by atoms with van der Waals surface area (Å²) in [6.45, 7) is 8.27. The van der Waals surface area contributed by atoms with Gasteiger partial charge >= 0.3 is 0 Å². The third-order valence-electron chi connectivity index (χ3n) is 7.63. The predicted molar refractivity (Wildman–Crippen MR) is 122 cm³/mol. The first-order valence-electron chi connectivity index (χ1n) is 12.3. The first-order chi connectivity index (χ1) is 14.7. The summed E-state index contributed by atoms with van der Waals surface area (Å²) >= 11 is 0. The van der Waals surface area contributed by atoms with Gasteiger partial charge in [-0.3, -0.25) is 4.79 Å². The molecule has 164 valence electrons. The van der Waals surface area contributed by atoms with Crippen LogP contribution in [0.15, 0.2) is 36.4 Å². The monoisotopic (exact) mass is 411 g/mol. The van der Waals surface area contributed by atoms with Gasteiger partial charge in [-0.2, -0.15) is 0 Å². The van der Waals surface area contributed by atoms with Gasteiger partial charge in [0.1, 0.15) is 26.2 Å². The Morgan fingerprint density at radius 3 is 2.63 bits per heavy atom. The Balaban J connectivity index is 1.35. The van der Waals surface area contributed by atoms with Crippen LogP contribution >= 0.6 is 0 Å². The number of nitrogens with one attached hydrogen (secondary N) is 2. The number of aryl methyl sites for hydroxylation is 1. The molecule has 1 saturated heterocycles. The Hall–Kier alpha value is -1.65. The van der Waals surface area contributed by atoms with Gasteiger partial charge in [-0.1, -0.05) is 36.4 Å². The zero-order valence-electron chi connectivity index (χ0n) is 18.9. The summed E-state index contributed by atoms with van der Waals surface area (Å²) in [5.41, 5.74) is 2.85. The highest BCUT2D eigenvalue weighted by atomic mass is 16.2. The second-order valence-electron chi connectivity index (χ2n) is 9.95. The van der Waals surface area contributed by atoms with E-state index in [1.807, 2.05) is 0 Å². The third kappa shape index (κ3) is 5.73. The van der Waals surface area contributed by atoms with Crippen LogP contribution in [0.25, 0.3) is 0 Å². The summed E-state index contributed by atoms with van der Waals surface area (Å²) in [4.78, 5) is 19.3. The summed E-state index contributed by atoms with van der Waals surface area (Å²) < 4.78 is 0. The predicted octanol–water partition coefficient (Wildman–Crippen LogP) is 0.780. The van der Waals surface area contributed by atoms with Crippen molar-refractivity contribution in [3.63, 3.8) is 0 Å². The van der Waals surface area contributed by atoms with E-state index < -0.39 is 0 Å². The number of nitrogens with zero attached hydrogens (tertiary/aromatic N) is 1. The van der Waals surface area contributed by atoms with E-state index in [1.165, 1.54) is 56.7 Å². The summed E-state index contributed by atoms with van der Waals surface area (Å²) in [6, 6.07) is 8.72. The maximum absolute atomic E-state index is 13.6. The van der Waals surface area contributed by atoms with Crippen LogP contribution in [0.1, 0.15) is 43.2 Å². The summed E-state index contributed by atoms with van der Waals surface area (Å²) in [5, 5.41) is 0. The van der Waals surface area contributed by atoms with Gasteiger partial charge in [0.05, 0.1) is 13.6 Å². The number of hydrogen-bond donors (Lipinski definition) is 2. The molecule has 2 aliphatic carbocycles. The molecule has 4 nitrogen and oxygen atoms in total. The molecular formula is C26H41N3O+2. The number of allylic oxidation sites excluding steroid dienone is 2. The molecular weight excluding hydrogens is 370 g/mol. The van der Waals surface area contributed by atoms with Crippen LogP contribution in [0, 0.1) is 11.8 Å². The molecule has 0 unspecified atom stereocenters. The molecule has 1 aromatic carbocycles. The maximum Gasteiger partial charge on any atom is 0.226 e. The molecule has 0 saturated carbocycles. The van der Waals surface area contributed by atoms with Crippen molar-refractivity contribution in [1.82, 2.24) is 4.90 Å². The Labute approximate surface area is 182 Å². The molecule has 4 heteroatoms. The number of fused-ring (bicyclic) bond motifs is 1. The van der Waals surface area contributed by atoms with Crippen molar-refractivity contribution in [2.24, 2.45) is 11.8 Å². The largest absolute Gasteiger partial charge is 0.342 e. The van der Waals surface area contributed by atoms with Crippen LogP contribution in [-0.4, -0.2) is 63.7 Å². The molecule has 1 aliphatic heterocycles. The van der Waals surface area contributed by atoms with Crippen molar-refractivity contribution in [2.75, 3.05) is 52.9 Å². The highest BCUT2D eigenvalue weighted by molar-refractivity contribution is 5.79. The smallest absolute Gasteiger partial charge is 0.226 e. The fraction of sp³-hybridized carbons (Fsp3) is 0.654. The molecule has 2 atom stereocenters. The molecule has 30 heavy (non-hydrogen) atoms.